The monoisotopic (exact) mass is 884 g/mol. The van der Waals surface area contributed by atoms with Crippen LogP contribution in [0.5, 0.6) is 0 Å². The smallest absolute Gasteiger partial charge is 0.135 e. The van der Waals surface area contributed by atoms with E-state index in [2.05, 4.69) is 266 Å². The highest BCUT2D eigenvalue weighted by atomic mass is 16.3. The lowest BCUT2D eigenvalue weighted by atomic mass is 9.91. The summed E-state index contributed by atoms with van der Waals surface area (Å²) in [6.45, 7) is 2.08. The van der Waals surface area contributed by atoms with Crippen LogP contribution in [0, 0.1) is 12.1 Å². The van der Waals surface area contributed by atoms with Crippen LogP contribution < -0.4 is 9.80 Å². The summed E-state index contributed by atoms with van der Waals surface area (Å²) >= 11 is 0. The van der Waals surface area contributed by atoms with Crippen molar-refractivity contribution >= 4 is 55.9 Å². The Labute approximate surface area is 404 Å². The molecule has 3 nitrogen and oxygen atoms in total. The number of hydrogen-bond acceptors (Lipinski definition) is 3. The predicted octanol–water partition coefficient (Wildman–Crippen LogP) is 17.6. The Kier molecular flexibility index (Phi) is 10.9. The van der Waals surface area contributed by atoms with E-state index in [1.54, 1.807) is 0 Å². The van der Waals surface area contributed by atoms with Crippen molar-refractivity contribution in [3.8, 4) is 33.4 Å². The van der Waals surface area contributed by atoms with Gasteiger partial charge in [-0.2, -0.15) is 0 Å². The standard InChI is InChI=1S/C66H48N2O/c1-2-14-47(29-27-46-28-42-66-62(43-46)61-23-8-11-26-65(61)69-66)49-30-36-55(37-31-49)67(56-38-32-50(33-39-56)53-18-12-17-52(44-53)48-15-4-3-5-16-48)57-40-34-51(35-41-57)54-19-13-20-58(45-54)68-63-24-9-6-21-59(63)60-22-7-10-25-64(60)68/h2-26,28-32,34-38,40-45,59,63H,27H2,1H3/b14-2-,47-29+. The molecule has 0 bridgehead atoms. The molecule has 69 heavy (non-hydrogen) atoms. The number of allylic oxidation sites excluding steroid dienone is 6. The van der Waals surface area contributed by atoms with Crippen LogP contribution in [-0.2, 0) is 6.42 Å². The number of anilines is 5. The van der Waals surface area contributed by atoms with E-state index in [-0.39, 0.29) is 6.04 Å². The van der Waals surface area contributed by atoms with Crippen molar-refractivity contribution in [1.29, 1.82) is 0 Å². The molecule has 0 fully saturated rings. The van der Waals surface area contributed by atoms with Gasteiger partial charge in [0.05, 0.1) is 11.7 Å². The second-order valence-electron chi connectivity index (χ2n) is 17.8. The van der Waals surface area contributed by atoms with Gasteiger partial charge < -0.3 is 14.2 Å². The van der Waals surface area contributed by atoms with Crippen molar-refractivity contribution in [2.75, 3.05) is 9.80 Å². The van der Waals surface area contributed by atoms with E-state index in [0.29, 0.717) is 5.92 Å². The lowest BCUT2D eigenvalue weighted by Gasteiger charge is -2.29. The highest BCUT2D eigenvalue weighted by molar-refractivity contribution is 6.05. The SMILES string of the molecule is C/C=C\C(=C/Cc1ccc2oc3ccccc3c2c1)c1ccc(N(c2c#cc(-c3cccc(-c4ccccc4)c3)cc2)c2ccc(-c3cccc(N4c5ccccc5C5C=CC=CC54)c3)cc2)cc1. The van der Waals surface area contributed by atoms with Gasteiger partial charge in [-0.15, -0.1) is 0 Å². The van der Waals surface area contributed by atoms with Crippen LogP contribution in [0.3, 0.4) is 0 Å². The van der Waals surface area contributed by atoms with Crippen molar-refractivity contribution in [3.63, 3.8) is 0 Å². The Balaban J connectivity index is 0.869. The molecule has 2 atom stereocenters. The number of hydrogen-bond donors (Lipinski definition) is 0. The average molecular weight is 885 g/mol. The van der Waals surface area contributed by atoms with Gasteiger partial charge in [0.15, 0.2) is 0 Å². The molecular formula is C66H48N2O. The molecule has 0 N–H and O–H groups in total. The number of furan rings is 1. The normalized spacial score (nSPS) is 15.1. The molecule has 2 unspecified atom stereocenters. The maximum Gasteiger partial charge on any atom is 0.135 e. The molecule has 12 rings (SSSR count). The third-order valence-corrected chi connectivity index (χ3v) is 13.6. The highest BCUT2D eigenvalue weighted by Gasteiger charge is 2.37. The van der Waals surface area contributed by atoms with Crippen LogP contribution in [0.15, 0.2) is 253 Å². The van der Waals surface area contributed by atoms with Gasteiger partial charge in [-0.1, -0.05) is 176 Å². The van der Waals surface area contributed by atoms with E-state index in [0.717, 1.165) is 67.7 Å². The zero-order valence-electron chi connectivity index (χ0n) is 38.3. The lowest BCUT2D eigenvalue weighted by molar-refractivity contribution is 0.669. The molecule has 328 valence electrons. The molecule has 0 amide bonds. The van der Waals surface area contributed by atoms with Gasteiger partial charge in [0.25, 0.3) is 0 Å². The molecule has 1 aliphatic heterocycles. The van der Waals surface area contributed by atoms with Crippen molar-refractivity contribution in [2.45, 2.75) is 25.3 Å². The van der Waals surface area contributed by atoms with Crippen LogP contribution in [0.1, 0.15) is 29.5 Å². The Morgan fingerprint density at radius 3 is 2.09 bits per heavy atom. The molecule has 0 radical (unpaired) electrons. The van der Waals surface area contributed by atoms with Crippen LogP contribution >= 0.6 is 0 Å². The first-order chi connectivity index (χ1) is 34.1. The summed E-state index contributed by atoms with van der Waals surface area (Å²) in [5.41, 5.74) is 19.0. The average Bonchev–Trinajstić information content (AvgIpc) is 3.96. The van der Waals surface area contributed by atoms with Crippen LogP contribution in [0.2, 0.25) is 0 Å². The molecular weight excluding hydrogens is 837 g/mol. The second-order valence-corrected chi connectivity index (χ2v) is 17.8. The van der Waals surface area contributed by atoms with Crippen molar-refractivity contribution in [3.05, 3.63) is 278 Å². The van der Waals surface area contributed by atoms with Crippen molar-refractivity contribution in [1.82, 2.24) is 0 Å². The fourth-order valence-corrected chi connectivity index (χ4v) is 10.2. The van der Waals surface area contributed by atoms with E-state index in [1.807, 2.05) is 12.1 Å². The summed E-state index contributed by atoms with van der Waals surface area (Å²) in [4.78, 5) is 4.77. The number of rotatable bonds is 11. The third-order valence-electron chi connectivity index (χ3n) is 13.6. The number of benzene rings is 8. The molecule has 2 heterocycles. The number of fused-ring (bicyclic) bond motifs is 6. The molecule has 3 heteroatoms. The minimum absolute atomic E-state index is 0.250. The van der Waals surface area contributed by atoms with Crippen molar-refractivity contribution in [2.24, 2.45) is 0 Å². The summed E-state index contributed by atoms with van der Waals surface area (Å²) in [6.07, 6.45) is 16.5. The second kappa shape index (κ2) is 18.1. The van der Waals surface area contributed by atoms with Crippen LogP contribution in [0.4, 0.5) is 28.4 Å². The largest absolute Gasteiger partial charge is 0.456 e. The van der Waals surface area contributed by atoms with Gasteiger partial charge in [0.1, 0.15) is 11.2 Å². The first-order valence-electron chi connectivity index (χ1n) is 23.8. The zero-order chi connectivity index (χ0) is 46.1. The third kappa shape index (κ3) is 8.03. The fraction of sp³-hybridized carbons (Fsp3) is 0.0606. The number of nitrogens with zero attached hydrogens (tertiary/aromatic N) is 2. The maximum absolute atomic E-state index is 6.11. The minimum Gasteiger partial charge on any atom is -0.456 e. The molecule has 0 saturated heterocycles. The minimum atomic E-state index is 0.250. The summed E-state index contributed by atoms with van der Waals surface area (Å²) in [7, 11) is 0. The van der Waals surface area contributed by atoms with Gasteiger partial charge in [-0.3, -0.25) is 0 Å². The zero-order valence-corrected chi connectivity index (χ0v) is 38.3. The molecule has 2 aliphatic rings. The summed E-state index contributed by atoms with van der Waals surface area (Å²) in [6, 6.07) is 81.3. The van der Waals surface area contributed by atoms with E-state index < -0.39 is 0 Å². The first-order valence-corrected chi connectivity index (χ1v) is 23.8. The molecule has 0 spiro atoms. The fourth-order valence-electron chi connectivity index (χ4n) is 10.2. The van der Waals surface area contributed by atoms with Gasteiger partial charge >= 0.3 is 0 Å². The predicted molar refractivity (Wildman–Crippen MR) is 289 cm³/mol. The van der Waals surface area contributed by atoms with E-state index in [9.17, 15) is 0 Å². The maximum atomic E-state index is 6.11. The van der Waals surface area contributed by atoms with Gasteiger partial charge in [-0.05, 0) is 148 Å². The Bertz CT molecular complexity index is 3590. The van der Waals surface area contributed by atoms with Crippen LogP contribution in [-0.4, -0.2) is 6.04 Å². The molecule has 1 aliphatic carbocycles. The summed E-state index contributed by atoms with van der Waals surface area (Å²) < 4.78 is 6.11. The van der Waals surface area contributed by atoms with Crippen molar-refractivity contribution < 1.29 is 4.42 Å². The molecule has 10 aromatic rings. The number of para-hydroxylation sites is 2. The van der Waals surface area contributed by atoms with E-state index in [4.69, 9.17) is 4.42 Å². The summed E-state index contributed by atoms with van der Waals surface area (Å²) in [5.74, 6) is 0.340. The quantitative estimate of drug-likeness (QED) is 0.121. The van der Waals surface area contributed by atoms with E-state index in [1.165, 1.54) is 44.8 Å². The molecule has 9 aromatic carbocycles. The Morgan fingerprint density at radius 2 is 1.26 bits per heavy atom. The lowest BCUT2D eigenvalue weighted by Crippen LogP contribution is -2.28. The van der Waals surface area contributed by atoms with Gasteiger partial charge in [-0.25, -0.2) is 0 Å². The highest BCUT2D eigenvalue weighted by Crippen LogP contribution is 2.48. The van der Waals surface area contributed by atoms with Crippen LogP contribution in [0.25, 0.3) is 60.9 Å². The van der Waals surface area contributed by atoms with E-state index >= 15 is 0 Å². The Morgan fingerprint density at radius 1 is 0.565 bits per heavy atom. The summed E-state index contributed by atoms with van der Waals surface area (Å²) in [5, 5.41) is 2.30. The molecule has 1 aromatic heterocycles. The first kappa shape index (κ1) is 41.6. The molecule has 0 saturated carbocycles. The topological polar surface area (TPSA) is 19.6 Å². The Hall–Kier alpha value is -8.84. The van der Waals surface area contributed by atoms with Gasteiger partial charge in [0.2, 0.25) is 0 Å². The van der Waals surface area contributed by atoms with Gasteiger partial charge in [0, 0.05) is 45.0 Å².